The number of nitrogens with one attached hydrogen (secondary N) is 1. The zero-order chi connectivity index (χ0) is 14.1. The van der Waals surface area contributed by atoms with Crippen LogP contribution in [0.1, 0.15) is 46.0 Å². The summed E-state index contributed by atoms with van der Waals surface area (Å²) >= 11 is 0. The molecule has 1 saturated heterocycles. The fourth-order valence-electron chi connectivity index (χ4n) is 2.72. The molecule has 1 atom stereocenters. The molecular formula is C15H31N3O. The van der Waals surface area contributed by atoms with E-state index < -0.39 is 0 Å². The lowest BCUT2D eigenvalue weighted by Gasteiger charge is -2.26. The molecule has 4 heteroatoms. The van der Waals surface area contributed by atoms with E-state index in [-0.39, 0.29) is 11.8 Å². The molecule has 0 aliphatic carbocycles. The fourth-order valence-corrected chi connectivity index (χ4v) is 2.72. The quantitative estimate of drug-likeness (QED) is 0.658. The highest BCUT2D eigenvalue weighted by Crippen LogP contribution is 2.11. The molecule has 0 saturated carbocycles. The molecule has 0 bridgehead atoms. The molecule has 0 aromatic rings. The number of hydrogen-bond acceptors (Lipinski definition) is 3. The summed E-state index contributed by atoms with van der Waals surface area (Å²) in [5.41, 5.74) is 5.67. The standard InChI is InChI=1S/C15H31N3O/c1-13(2)11-14(12-16)15(19)17-7-6-10-18-8-4-3-5-9-18/h13-14H,3-12,16H2,1-2H3,(H,17,19). The molecule has 1 fully saturated rings. The highest BCUT2D eigenvalue weighted by Gasteiger charge is 2.17. The smallest absolute Gasteiger partial charge is 0.224 e. The Kier molecular flexibility index (Phi) is 8.07. The number of nitrogens with two attached hydrogens (primary N) is 1. The molecule has 1 rings (SSSR count). The number of rotatable bonds is 8. The highest BCUT2D eigenvalue weighted by atomic mass is 16.1. The normalized spacial score (nSPS) is 18.5. The van der Waals surface area contributed by atoms with Crippen LogP contribution in [-0.4, -0.2) is 43.5 Å². The van der Waals surface area contributed by atoms with E-state index in [0.29, 0.717) is 12.5 Å². The summed E-state index contributed by atoms with van der Waals surface area (Å²) in [6.07, 6.45) is 5.96. The van der Waals surface area contributed by atoms with Gasteiger partial charge in [-0.25, -0.2) is 0 Å². The first-order valence-electron chi connectivity index (χ1n) is 7.83. The van der Waals surface area contributed by atoms with Crippen molar-refractivity contribution in [2.45, 2.75) is 46.0 Å². The summed E-state index contributed by atoms with van der Waals surface area (Å²) in [4.78, 5) is 14.5. The average Bonchev–Trinajstić information content (AvgIpc) is 2.41. The van der Waals surface area contributed by atoms with Crippen molar-refractivity contribution in [2.24, 2.45) is 17.6 Å². The van der Waals surface area contributed by atoms with Gasteiger partial charge in [0.15, 0.2) is 0 Å². The SMILES string of the molecule is CC(C)CC(CN)C(=O)NCCCN1CCCCC1. The second-order valence-electron chi connectivity index (χ2n) is 6.11. The Labute approximate surface area is 118 Å². The molecule has 112 valence electrons. The van der Waals surface area contributed by atoms with Crippen LogP contribution in [0.5, 0.6) is 0 Å². The minimum Gasteiger partial charge on any atom is -0.356 e. The number of nitrogens with zero attached hydrogens (tertiary/aromatic N) is 1. The minimum atomic E-state index is -0.0185. The van der Waals surface area contributed by atoms with Crippen molar-refractivity contribution >= 4 is 5.91 Å². The molecule has 1 unspecified atom stereocenters. The summed E-state index contributed by atoms with van der Waals surface area (Å²) in [6.45, 7) is 9.07. The second-order valence-corrected chi connectivity index (χ2v) is 6.11. The first-order chi connectivity index (χ1) is 9.13. The van der Waals surface area contributed by atoms with Gasteiger partial charge < -0.3 is 16.0 Å². The van der Waals surface area contributed by atoms with E-state index in [1.807, 2.05) is 0 Å². The predicted molar refractivity (Wildman–Crippen MR) is 79.9 cm³/mol. The molecule has 0 aromatic carbocycles. The van der Waals surface area contributed by atoms with Crippen molar-refractivity contribution in [1.82, 2.24) is 10.2 Å². The van der Waals surface area contributed by atoms with Crippen LogP contribution in [0.4, 0.5) is 0 Å². The summed E-state index contributed by atoms with van der Waals surface area (Å²) in [6, 6.07) is 0. The van der Waals surface area contributed by atoms with Gasteiger partial charge in [-0.2, -0.15) is 0 Å². The van der Waals surface area contributed by atoms with E-state index in [1.54, 1.807) is 0 Å². The second kappa shape index (κ2) is 9.32. The van der Waals surface area contributed by atoms with Gasteiger partial charge in [-0.1, -0.05) is 20.3 Å². The average molecular weight is 269 g/mol. The maximum Gasteiger partial charge on any atom is 0.224 e. The molecule has 1 amide bonds. The van der Waals surface area contributed by atoms with Gasteiger partial charge in [0.05, 0.1) is 5.92 Å². The van der Waals surface area contributed by atoms with Gasteiger partial charge in [0.2, 0.25) is 5.91 Å². The van der Waals surface area contributed by atoms with Crippen LogP contribution in [-0.2, 0) is 4.79 Å². The molecule has 1 aliphatic heterocycles. The number of likely N-dealkylation sites (tertiary alicyclic amines) is 1. The maximum absolute atomic E-state index is 12.0. The summed E-state index contributed by atoms with van der Waals surface area (Å²) < 4.78 is 0. The fraction of sp³-hybridized carbons (Fsp3) is 0.933. The Morgan fingerprint density at radius 2 is 1.95 bits per heavy atom. The van der Waals surface area contributed by atoms with Gasteiger partial charge >= 0.3 is 0 Å². The van der Waals surface area contributed by atoms with Crippen LogP contribution in [0, 0.1) is 11.8 Å². The van der Waals surface area contributed by atoms with E-state index in [4.69, 9.17) is 5.73 Å². The zero-order valence-corrected chi connectivity index (χ0v) is 12.7. The van der Waals surface area contributed by atoms with Gasteiger partial charge in [-0.3, -0.25) is 4.79 Å². The van der Waals surface area contributed by atoms with E-state index in [2.05, 4.69) is 24.1 Å². The van der Waals surface area contributed by atoms with E-state index in [1.165, 1.54) is 32.4 Å². The molecule has 3 N–H and O–H groups in total. The summed E-state index contributed by atoms with van der Waals surface area (Å²) in [5.74, 6) is 0.637. The van der Waals surface area contributed by atoms with Crippen LogP contribution in [0.15, 0.2) is 0 Å². The van der Waals surface area contributed by atoms with Crippen molar-refractivity contribution in [1.29, 1.82) is 0 Å². The van der Waals surface area contributed by atoms with Gasteiger partial charge in [-0.15, -0.1) is 0 Å². The molecule has 4 nitrogen and oxygen atoms in total. The first kappa shape index (κ1) is 16.4. The lowest BCUT2D eigenvalue weighted by atomic mass is 9.96. The third-order valence-corrected chi connectivity index (χ3v) is 3.81. The van der Waals surface area contributed by atoms with Gasteiger partial charge in [0.1, 0.15) is 0 Å². The third-order valence-electron chi connectivity index (χ3n) is 3.81. The molecular weight excluding hydrogens is 238 g/mol. The number of piperidine rings is 1. The van der Waals surface area contributed by atoms with E-state index in [9.17, 15) is 4.79 Å². The zero-order valence-electron chi connectivity index (χ0n) is 12.7. The Morgan fingerprint density at radius 1 is 1.26 bits per heavy atom. The maximum atomic E-state index is 12.0. The van der Waals surface area contributed by atoms with E-state index >= 15 is 0 Å². The largest absolute Gasteiger partial charge is 0.356 e. The lowest BCUT2D eigenvalue weighted by molar-refractivity contribution is -0.125. The van der Waals surface area contributed by atoms with Crippen molar-refractivity contribution in [3.05, 3.63) is 0 Å². The Balaban J connectivity index is 2.11. The lowest BCUT2D eigenvalue weighted by Crippen LogP contribution is -2.38. The number of carbonyl (C=O) groups excluding carboxylic acids is 1. The van der Waals surface area contributed by atoms with Crippen molar-refractivity contribution in [2.75, 3.05) is 32.7 Å². The monoisotopic (exact) mass is 269 g/mol. The summed E-state index contributed by atoms with van der Waals surface area (Å²) in [5, 5.41) is 3.03. The van der Waals surface area contributed by atoms with Gasteiger partial charge in [0, 0.05) is 13.1 Å². The predicted octanol–water partition coefficient (Wildman–Crippen LogP) is 1.60. The molecule has 1 aliphatic rings. The molecule has 1 heterocycles. The number of hydrogen-bond donors (Lipinski definition) is 2. The van der Waals surface area contributed by atoms with E-state index in [0.717, 1.165) is 25.9 Å². The van der Waals surface area contributed by atoms with Crippen LogP contribution >= 0.6 is 0 Å². The van der Waals surface area contributed by atoms with Crippen molar-refractivity contribution < 1.29 is 4.79 Å². The van der Waals surface area contributed by atoms with Crippen LogP contribution < -0.4 is 11.1 Å². The van der Waals surface area contributed by atoms with Crippen LogP contribution in [0.3, 0.4) is 0 Å². The topological polar surface area (TPSA) is 58.4 Å². The molecule has 0 spiro atoms. The molecule has 0 radical (unpaired) electrons. The van der Waals surface area contributed by atoms with Crippen molar-refractivity contribution in [3.63, 3.8) is 0 Å². The number of carbonyl (C=O) groups is 1. The van der Waals surface area contributed by atoms with Crippen LogP contribution in [0.25, 0.3) is 0 Å². The first-order valence-corrected chi connectivity index (χ1v) is 7.83. The Hall–Kier alpha value is -0.610. The highest BCUT2D eigenvalue weighted by molar-refractivity contribution is 5.78. The minimum absolute atomic E-state index is 0.0185. The van der Waals surface area contributed by atoms with Crippen molar-refractivity contribution in [3.8, 4) is 0 Å². The number of amides is 1. The summed E-state index contributed by atoms with van der Waals surface area (Å²) in [7, 11) is 0. The molecule has 0 aromatic heterocycles. The molecule has 19 heavy (non-hydrogen) atoms. The third kappa shape index (κ3) is 6.92. The Bertz CT molecular complexity index is 250. The Morgan fingerprint density at radius 3 is 2.53 bits per heavy atom. The van der Waals surface area contributed by atoms with Gasteiger partial charge in [0.25, 0.3) is 0 Å². The van der Waals surface area contributed by atoms with Crippen LogP contribution in [0.2, 0.25) is 0 Å². The van der Waals surface area contributed by atoms with Gasteiger partial charge in [-0.05, 0) is 51.2 Å².